The highest BCUT2D eigenvalue weighted by Gasteiger charge is 2.32. The minimum Gasteiger partial charge on any atom is -0.481 e. The second-order valence-corrected chi connectivity index (χ2v) is 8.66. The van der Waals surface area contributed by atoms with E-state index in [0.717, 1.165) is 0 Å². The van der Waals surface area contributed by atoms with Crippen molar-refractivity contribution in [3.63, 3.8) is 0 Å². The molecule has 4 unspecified atom stereocenters. The molecule has 0 saturated carbocycles. The molecule has 0 aliphatic heterocycles. The zero-order valence-corrected chi connectivity index (χ0v) is 19.3. The van der Waals surface area contributed by atoms with Gasteiger partial charge < -0.3 is 37.6 Å². The van der Waals surface area contributed by atoms with Crippen LogP contribution in [-0.2, 0) is 28.8 Å². The first-order valence-corrected chi connectivity index (χ1v) is 10.5. The smallest absolute Gasteiger partial charge is 0.326 e. The molecule has 0 rings (SSSR count). The quantitative estimate of drug-likeness (QED) is 0.143. The maximum atomic E-state index is 12.7. The third-order valence-corrected chi connectivity index (χ3v) is 4.43. The minimum absolute atomic E-state index is 0.0723. The van der Waals surface area contributed by atoms with E-state index >= 15 is 0 Å². The molecule has 0 aliphatic rings. The fourth-order valence-electron chi connectivity index (χ4n) is 2.93. The van der Waals surface area contributed by atoms with Crippen LogP contribution in [0.2, 0.25) is 0 Å². The second kappa shape index (κ2) is 14.0. The number of carboxylic acid groups (broad SMARTS) is 2. The summed E-state index contributed by atoms with van der Waals surface area (Å²) < 4.78 is 0. The van der Waals surface area contributed by atoms with E-state index in [1.165, 1.54) is 0 Å². The van der Waals surface area contributed by atoms with Gasteiger partial charge in [0.2, 0.25) is 23.6 Å². The summed E-state index contributed by atoms with van der Waals surface area (Å²) in [5.41, 5.74) is 10.9. The standard InChI is InChI=1S/C20H35N5O8/c1-9(2)5-11(21)17(29)23-12(7-15(22)26)18(30)24-13(8-16(27)28)19(31)25-14(20(32)33)6-10(3)4/h9-14H,5-8,21H2,1-4H3,(H2,22,26)(H,23,29)(H,24,30)(H,25,31)(H,27,28)(H,32,33). The summed E-state index contributed by atoms with van der Waals surface area (Å²) in [6, 6.07) is -5.46. The summed E-state index contributed by atoms with van der Waals surface area (Å²) in [7, 11) is 0. The maximum Gasteiger partial charge on any atom is 0.326 e. The minimum atomic E-state index is -1.67. The van der Waals surface area contributed by atoms with E-state index in [0.29, 0.717) is 6.42 Å². The molecule has 13 heteroatoms. The van der Waals surface area contributed by atoms with Gasteiger partial charge in [-0.2, -0.15) is 0 Å². The highest BCUT2D eigenvalue weighted by atomic mass is 16.4. The zero-order valence-electron chi connectivity index (χ0n) is 19.3. The zero-order chi connectivity index (χ0) is 25.9. The summed E-state index contributed by atoms with van der Waals surface area (Å²) in [4.78, 5) is 71.5. The third kappa shape index (κ3) is 12.4. The molecule has 0 aliphatic carbocycles. The van der Waals surface area contributed by atoms with Crippen molar-refractivity contribution in [2.75, 3.05) is 0 Å². The molecule has 188 valence electrons. The van der Waals surface area contributed by atoms with E-state index in [1.54, 1.807) is 13.8 Å². The fourth-order valence-corrected chi connectivity index (χ4v) is 2.93. The summed E-state index contributed by atoms with van der Waals surface area (Å²) in [5.74, 6) is -6.54. The first-order chi connectivity index (χ1) is 15.1. The van der Waals surface area contributed by atoms with Gasteiger partial charge in [0.25, 0.3) is 0 Å². The number of amides is 4. The Balaban J connectivity index is 5.54. The van der Waals surface area contributed by atoms with Gasteiger partial charge >= 0.3 is 11.9 Å². The number of carbonyl (C=O) groups excluding carboxylic acids is 4. The van der Waals surface area contributed by atoms with Crippen LogP contribution in [0.4, 0.5) is 0 Å². The van der Waals surface area contributed by atoms with Gasteiger partial charge in [-0.25, -0.2) is 4.79 Å². The molecule has 0 spiro atoms. The van der Waals surface area contributed by atoms with E-state index in [2.05, 4.69) is 16.0 Å². The van der Waals surface area contributed by atoms with E-state index in [-0.39, 0.29) is 18.3 Å². The lowest BCUT2D eigenvalue weighted by molar-refractivity contribution is -0.144. The fraction of sp³-hybridized carbons (Fsp3) is 0.700. The topological polar surface area (TPSA) is 231 Å². The van der Waals surface area contributed by atoms with Crippen LogP contribution >= 0.6 is 0 Å². The summed E-state index contributed by atoms with van der Waals surface area (Å²) in [6.07, 6.45) is -1.12. The second-order valence-electron chi connectivity index (χ2n) is 8.66. The predicted octanol–water partition coefficient (Wildman–Crippen LogP) is -1.70. The van der Waals surface area contributed by atoms with Gasteiger partial charge in [-0.15, -0.1) is 0 Å². The molecule has 13 nitrogen and oxygen atoms in total. The van der Waals surface area contributed by atoms with Crippen molar-refractivity contribution in [1.29, 1.82) is 0 Å². The Labute approximate surface area is 192 Å². The molecule has 0 aromatic rings. The number of primary amides is 1. The van der Waals surface area contributed by atoms with Crippen molar-refractivity contribution in [2.45, 2.75) is 77.5 Å². The van der Waals surface area contributed by atoms with Gasteiger partial charge in [-0.1, -0.05) is 27.7 Å². The van der Waals surface area contributed by atoms with Crippen molar-refractivity contribution in [2.24, 2.45) is 23.3 Å². The molecule has 0 radical (unpaired) electrons. The van der Waals surface area contributed by atoms with Crippen molar-refractivity contribution in [3.05, 3.63) is 0 Å². The van der Waals surface area contributed by atoms with Crippen molar-refractivity contribution in [3.8, 4) is 0 Å². The number of carboxylic acids is 2. The Kier molecular flexibility index (Phi) is 12.7. The summed E-state index contributed by atoms with van der Waals surface area (Å²) in [5, 5.41) is 25.0. The molecule has 0 heterocycles. The highest BCUT2D eigenvalue weighted by Crippen LogP contribution is 2.07. The van der Waals surface area contributed by atoms with Gasteiger partial charge in [-0.05, 0) is 24.7 Å². The largest absolute Gasteiger partial charge is 0.481 e. The van der Waals surface area contributed by atoms with E-state index in [1.807, 2.05) is 13.8 Å². The number of hydrogen-bond acceptors (Lipinski definition) is 7. The SMILES string of the molecule is CC(C)CC(N)C(=O)NC(CC(N)=O)C(=O)NC(CC(=O)O)C(=O)NC(CC(C)C)C(=O)O. The monoisotopic (exact) mass is 473 g/mol. The van der Waals surface area contributed by atoms with Crippen LogP contribution in [0, 0.1) is 11.8 Å². The number of nitrogens with two attached hydrogens (primary N) is 2. The van der Waals surface area contributed by atoms with E-state index in [9.17, 15) is 33.9 Å². The van der Waals surface area contributed by atoms with Crippen molar-refractivity contribution in [1.82, 2.24) is 16.0 Å². The lowest BCUT2D eigenvalue weighted by atomic mass is 10.0. The third-order valence-electron chi connectivity index (χ3n) is 4.43. The molecule has 33 heavy (non-hydrogen) atoms. The molecule has 0 aromatic heterocycles. The predicted molar refractivity (Wildman–Crippen MR) is 116 cm³/mol. The van der Waals surface area contributed by atoms with Gasteiger partial charge in [0.05, 0.1) is 18.9 Å². The van der Waals surface area contributed by atoms with Gasteiger partial charge in [-0.3, -0.25) is 24.0 Å². The summed E-state index contributed by atoms with van der Waals surface area (Å²) in [6.45, 7) is 7.14. The van der Waals surface area contributed by atoms with E-state index < -0.39 is 72.6 Å². The molecule has 4 amide bonds. The molecular weight excluding hydrogens is 438 g/mol. The normalized spacial score (nSPS) is 14.6. The molecule has 0 aromatic carbocycles. The van der Waals surface area contributed by atoms with Crippen LogP contribution in [0.5, 0.6) is 0 Å². The molecular formula is C20H35N5O8. The lowest BCUT2D eigenvalue weighted by Crippen LogP contribution is -2.58. The van der Waals surface area contributed by atoms with Crippen molar-refractivity contribution < 1.29 is 39.0 Å². The molecule has 4 atom stereocenters. The maximum absolute atomic E-state index is 12.7. The van der Waals surface area contributed by atoms with E-state index in [4.69, 9.17) is 16.6 Å². The molecule has 0 saturated heterocycles. The van der Waals surface area contributed by atoms with Crippen LogP contribution in [0.25, 0.3) is 0 Å². The van der Waals surface area contributed by atoms with Crippen LogP contribution in [-0.4, -0.2) is 69.9 Å². The Bertz CT molecular complexity index is 740. The van der Waals surface area contributed by atoms with Crippen LogP contribution in [0.3, 0.4) is 0 Å². The highest BCUT2D eigenvalue weighted by molar-refractivity contribution is 5.97. The number of carbonyl (C=O) groups is 6. The van der Waals surface area contributed by atoms with Crippen LogP contribution in [0.15, 0.2) is 0 Å². The average Bonchev–Trinajstić information content (AvgIpc) is 2.64. The van der Waals surface area contributed by atoms with Gasteiger partial charge in [0.15, 0.2) is 0 Å². The Hall–Kier alpha value is -3.22. The van der Waals surface area contributed by atoms with Gasteiger partial charge in [0, 0.05) is 0 Å². The molecule has 9 N–H and O–H groups in total. The van der Waals surface area contributed by atoms with Crippen LogP contribution < -0.4 is 27.4 Å². The van der Waals surface area contributed by atoms with Gasteiger partial charge in [0.1, 0.15) is 18.1 Å². The van der Waals surface area contributed by atoms with Crippen LogP contribution in [0.1, 0.15) is 53.4 Å². The lowest BCUT2D eigenvalue weighted by Gasteiger charge is -2.24. The summed E-state index contributed by atoms with van der Waals surface area (Å²) >= 11 is 0. The Morgan fingerprint density at radius 2 is 1.12 bits per heavy atom. The first kappa shape index (κ1) is 29.8. The Morgan fingerprint density at radius 3 is 1.52 bits per heavy atom. The number of aliphatic carboxylic acids is 2. The first-order valence-electron chi connectivity index (χ1n) is 10.5. The Morgan fingerprint density at radius 1 is 0.697 bits per heavy atom. The number of hydrogen-bond donors (Lipinski definition) is 7. The average molecular weight is 474 g/mol. The number of nitrogens with one attached hydrogen (secondary N) is 3. The number of rotatable bonds is 15. The van der Waals surface area contributed by atoms with Crippen molar-refractivity contribution >= 4 is 35.6 Å². The molecule has 0 bridgehead atoms. The molecule has 0 fully saturated rings.